The Labute approximate surface area is 89.5 Å². The molecule has 5 heteroatoms. The van der Waals surface area contributed by atoms with E-state index in [0.717, 1.165) is 12.2 Å². The monoisotopic (exact) mass is 233 g/mol. The fraction of sp³-hybridized carbons (Fsp3) is 0. The average molecular weight is 233 g/mol. The SMILES string of the molecule is C=CC(=O)O.C=CC(=O)O.[Y]. The zero-order valence-electron chi connectivity index (χ0n) is 5.86. The van der Waals surface area contributed by atoms with Gasteiger partial charge in [-0.2, -0.15) is 0 Å². The summed E-state index contributed by atoms with van der Waals surface area (Å²) >= 11 is 0. The summed E-state index contributed by atoms with van der Waals surface area (Å²) in [5, 5.41) is 15.2. The summed E-state index contributed by atoms with van der Waals surface area (Å²) in [6.07, 6.45) is 1.67. The van der Waals surface area contributed by atoms with E-state index in [1.165, 1.54) is 0 Å². The van der Waals surface area contributed by atoms with Gasteiger partial charge in [0.15, 0.2) is 0 Å². The van der Waals surface area contributed by atoms with Crippen molar-refractivity contribution in [1.82, 2.24) is 0 Å². The van der Waals surface area contributed by atoms with Gasteiger partial charge in [0, 0.05) is 44.9 Å². The Balaban J connectivity index is -0.000000107. The minimum Gasteiger partial charge on any atom is -0.478 e. The summed E-state index contributed by atoms with van der Waals surface area (Å²) in [7, 11) is 0. The van der Waals surface area contributed by atoms with E-state index < -0.39 is 11.9 Å². The van der Waals surface area contributed by atoms with Crippen LogP contribution in [0.1, 0.15) is 0 Å². The van der Waals surface area contributed by atoms with Gasteiger partial charge in [0.25, 0.3) is 0 Å². The molecule has 0 heterocycles. The van der Waals surface area contributed by atoms with Crippen molar-refractivity contribution in [1.29, 1.82) is 0 Å². The Morgan fingerprint density at radius 2 is 1.09 bits per heavy atom. The Morgan fingerprint density at radius 3 is 1.09 bits per heavy atom. The van der Waals surface area contributed by atoms with Crippen molar-refractivity contribution in [2.24, 2.45) is 0 Å². The number of carbonyl (C=O) groups is 2. The molecule has 59 valence electrons. The maximum atomic E-state index is 9.25. The van der Waals surface area contributed by atoms with Gasteiger partial charge < -0.3 is 10.2 Å². The molecule has 0 saturated carbocycles. The van der Waals surface area contributed by atoms with Crippen LogP contribution in [0.5, 0.6) is 0 Å². The maximum Gasteiger partial charge on any atom is 0.327 e. The van der Waals surface area contributed by atoms with Crippen molar-refractivity contribution in [3.63, 3.8) is 0 Å². The van der Waals surface area contributed by atoms with Crippen LogP contribution in [0.15, 0.2) is 25.3 Å². The van der Waals surface area contributed by atoms with Crippen molar-refractivity contribution in [2.45, 2.75) is 0 Å². The molecule has 0 atom stereocenters. The van der Waals surface area contributed by atoms with Crippen LogP contribution in [0.2, 0.25) is 0 Å². The van der Waals surface area contributed by atoms with Gasteiger partial charge >= 0.3 is 11.9 Å². The van der Waals surface area contributed by atoms with Gasteiger partial charge in [-0.3, -0.25) is 0 Å². The molecular weight excluding hydrogens is 225 g/mol. The van der Waals surface area contributed by atoms with Gasteiger partial charge in [-0.05, 0) is 0 Å². The van der Waals surface area contributed by atoms with Crippen LogP contribution in [-0.4, -0.2) is 22.2 Å². The zero-order valence-corrected chi connectivity index (χ0v) is 8.70. The first-order valence-electron chi connectivity index (χ1n) is 2.25. The summed E-state index contributed by atoms with van der Waals surface area (Å²) in [6, 6.07) is 0. The van der Waals surface area contributed by atoms with E-state index in [2.05, 4.69) is 13.2 Å². The molecule has 2 N–H and O–H groups in total. The van der Waals surface area contributed by atoms with E-state index >= 15 is 0 Å². The number of hydrogen-bond acceptors (Lipinski definition) is 2. The van der Waals surface area contributed by atoms with Gasteiger partial charge in [-0.25, -0.2) is 9.59 Å². The topological polar surface area (TPSA) is 74.6 Å². The molecule has 0 aromatic rings. The van der Waals surface area contributed by atoms with Crippen LogP contribution in [0.25, 0.3) is 0 Å². The summed E-state index contributed by atoms with van der Waals surface area (Å²) in [5.74, 6) is -1.96. The first kappa shape index (κ1) is 16.9. The van der Waals surface area contributed by atoms with Gasteiger partial charge in [-0.15, -0.1) is 0 Å². The van der Waals surface area contributed by atoms with Crippen molar-refractivity contribution < 1.29 is 52.5 Å². The van der Waals surface area contributed by atoms with Crippen LogP contribution in [0.4, 0.5) is 0 Å². The van der Waals surface area contributed by atoms with E-state index in [1.54, 1.807) is 0 Å². The fourth-order valence-corrected chi connectivity index (χ4v) is 0. The van der Waals surface area contributed by atoms with Crippen LogP contribution in [0, 0.1) is 0 Å². The maximum absolute atomic E-state index is 9.25. The summed E-state index contributed by atoms with van der Waals surface area (Å²) in [4.78, 5) is 18.5. The van der Waals surface area contributed by atoms with Crippen molar-refractivity contribution in [3.05, 3.63) is 25.3 Å². The molecule has 0 rings (SSSR count). The fourth-order valence-electron chi connectivity index (χ4n) is 0. The number of rotatable bonds is 2. The van der Waals surface area contributed by atoms with Gasteiger partial charge in [0.1, 0.15) is 0 Å². The average Bonchev–Trinajstić information content (AvgIpc) is 1.89. The Bertz CT molecular complexity index is 135. The molecule has 0 bridgehead atoms. The molecule has 0 saturated heterocycles. The van der Waals surface area contributed by atoms with E-state index in [9.17, 15) is 9.59 Å². The molecule has 0 aromatic carbocycles. The van der Waals surface area contributed by atoms with E-state index in [4.69, 9.17) is 10.2 Å². The number of carboxylic acid groups (broad SMARTS) is 2. The predicted octanol–water partition coefficient (Wildman–Crippen LogP) is 0.512. The van der Waals surface area contributed by atoms with E-state index in [1.807, 2.05) is 0 Å². The second kappa shape index (κ2) is 12.2. The smallest absolute Gasteiger partial charge is 0.327 e. The minimum atomic E-state index is -0.981. The number of carboxylic acids is 2. The van der Waals surface area contributed by atoms with Gasteiger partial charge in [-0.1, -0.05) is 13.2 Å². The second-order valence-corrected chi connectivity index (χ2v) is 1.08. The molecular formula is C6H8O4Y. The van der Waals surface area contributed by atoms with Crippen LogP contribution >= 0.6 is 0 Å². The molecule has 4 nitrogen and oxygen atoms in total. The van der Waals surface area contributed by atoms with E-state index in [-0.39, 0.29) is 32.7 Å². The molecule has 0 fully saturated rings. The Morgan fingerprint density at radius 1 is 1.00 bits per heavy atom. The summed E-state index contributed by atoms with van der Waals surface area (Å²) in [6.45, 7) is 5.92. The molecule has 0 aromatic heterocycles. The first-order valence-corrected chi connectivity index (χ1v) is 2.25. The summed E-state index contributed by atoms with van der Waals surface area (Å²) < 4.78 is 0. The van der Waals surface area contributed by atoms with Crippen molar-refractivity contribution in [2.75, 3.05) is 0 Å². The molecule has 0 unspecified atom stereocenters. The first-order chi connectivity index (χ1) is 4.54. The van der Waals surface area contributed by atoms with Crippen molar-refractivity contribution >= 4 is 11.9 Å². The van der Waals surface area contributed by atoms with E-state index in [0.29, 0.717) is 0 Å². The normalized spacial score (nSPS) is 5.82. The quantitative estimate of drug-likeness (QED) is 0.681. The molecule has 0 aliphatic heterocycles. The molecule has 0 aliphatic carbocycles. The largest absolute Gasteiger partial charge is 0.478 e. The van der Waals surface area contributed by atoms with Crippen LogP contribution < -0.4 is 0 Å². The molecule has 11 heavy (non-hydrogen) atoms. The molecule has 0 aliphatic rings. The van der Waals surface area contributed by atoms with Gasteiger partial charge in [0.05, 0.1) is 0 Å². The molecule has 0 spiro atoms. The third kappa shape index (κ3) is 43.4. The summed E-state index contributed by atoms with van der Waals surface area (Å²) in [5.41, 5.74) is 0. The Kier molecular flexibility index (Phi) is 18.7. The van der Waals surface area contributed by atoms with Crippen LogP contribution in [-0.2, 0) is 42.3 Å². The predicted molar refractivity (Wildman–Crippen MR) is 35.7 cm³/mol. The van der Waals surface area contributed by atoms with Crippen molar-refractivity contribution in [3.8, 4) is 0 Å². The van der Waals surface area contributed by atoms with Gasteiger partial charge in [0.2, 0.25) is 0 Å². The molecule has 1 radical (unpaired) electrons. The third-order valence-electron chi connectivity index (χ3n) is 0.349. The minimum absolute atomic E-state index is 0. The molecule has 0 amide bonds. The number of hydrogen-bond donors (Lipinski definition) is 2. The number of aliphatic carboxylic acids is 2. The third-order valence-corrected chi connectivity index (χ3v) is 0.349. The van der Waals surface area contributed by atoms with Crippen LogP contribution in [0.3, 0.4) is 0 Å². The Hall–Kier alpha value is -0.476. The zero-order chi connectivity index (χ0) is 8.57. The second-order valence-electron chi connectivity index (χ2n) is 1.08. The standard InChI is InChI=1S/2C3H4O2.Y/c2*1-2-3(4)5;/h2*2H,1H2,(H,4,5);.